The second-order valence-corrected chi connectivity index (χ2v) is 5.26. The number of hydrogen-bond donors (Lipinski definition) is 1. The predicted octanol–water partition coefficient (Wildman–Crippen LogP) is 2.95. The summed E-state index contributed by atoms with van der Waals surface area (Å²) in [6, 6.07) is 4.85. The number of nitrogens with zero attached hydrogens (tertiary/aromatic N) is 1. The highest BCUT2D eigenvalue weighted by Crippen LogP contribution is 2.29. The molecule has 2 atom stereocenters. The van der Waals surface area contributed by atoms with E-state index in [1.165, 1.54) is 12.1 Å². The summed E-state index contributed by atoms with van der Waals surface area (Å²) in [6.45, 7) is 4.89. The second kappa shape index (κ2) is 6.66. The van der Waals surface area contributed by atoms with Crippen molar-refractivity contribution >= 4 is 18.3 Å². The highest BCUT2D eigenvalue weighted by atomic mass is 35.5. The van der Waals surface area contributed by atoms with E-state index in [9.17, 15) is 18.0 Å². The van der Waals surface area contributed by atoms with E-state index in [2.05, 4.69) is 5.32 Å². The standard InChI is InChI=1S/C14H17F3N2O.ClH/c1-9-7-19(8-10(2)18-9)13(20)11-4-3-5-12(6-11)14(15,16)17;/h3-6,9-10,18H,7-8H2,1-2H3;1H. The maximum atomic E-state index is 12.7. The summed E-state index contributed by atoms with van der Waals surface area (Å²) < 4.78 is 38.0. The van der Waals surface area contributed by atoms with Gasteiger partial charge in [-0.25, -0.2) is 0 Å². The molecule has 2 rings (SSSR count). The minimum atomic E-state index is -4.43. The smallest absolute Gasteiger partial charge is 0.336 e. The Morgan fingerprint density at radius 1 is 1.24 bits per heavy atom. The molecule has 1 saturated heterocycles. The summed E-state index contributed by atoms with van der Waals surface area (Å²) in [5.74, 6) is -0.351. The average molecular weight is 323 g/mol. The topological polar surface area (TPSA) is 32.3 Å². The highest BCUT2D eigenvalue weighted by Gasteiger charge is 2.32. The maximum Gasteiger partial charge on any atom is 0.416 e. The van der Waals surface area contributed by atoms with E-state index in [0.717, 1.165) is 12.1 Å². The summed E-state index contributed by atoms with van der Waals surface area (Å²) in [6.07, 6.45) is -4.43. The largest absolute Gasteiger partial charge is 0.416 e. The van der Waals surface area contributed by atoms with Gasteiger partial charge in [0, 0.05) is 30.7 Å². The van der Waals surface area contributed by atoms with Crippen LogP contribution < -0.4 is 5.32 Å². The number of benzene rings is 1. The van der Waals surface area contributed by atoms with Crippen LogP contribution in [0.15, 0.2) is 24.3 Å². The van der Waals surface area contributed by atoms with Gasteiger partial charge in [0.15, 0.2) is 0 Å². The molecule has 0 bridgehead atoms. The van der Waals surface area contributed by atoms with E-state index < -0.39 is 11.7 Å². The van der Waals surface area contributed by atoms with Gasteiger partial charge in [0.2, 0.25) is 0 Å². The van der Waals surface area contributed by atoms with Gasteiger partial charge in [0.1, 0.15) is 0 Å². The lowest BCUT2D eigenvalue weighted by Gasteiger charge is -2.36. The van der Waals surface area contributed by atoms with E-state index >= 15 is 0 Å². The first kappa shape index (κ1) is 17.8. The molecule has 3 nitrogen and oxygen atoms in total. The number of amides is 1. The van der Waals surface area contributed by atoms with Crippen LogP contribution in [0, 0.1) is 0 Å². The summed E-state index contributed by atoms with van der Waals surface area (Å²) in [7, 11) is 0. The molecule has 118 valence electrons. The number of piperazine rings is 1. The van der Waals surface area contributed by atoms with Gasteiger partial charge in [-0.05, 0) is 32.0 Å². The molecule has 1 N–H and O–H groups in total. The number of rotatable bonds is 1. The molecule has 1 aliphatic heterocycles. The molecular formula is C14H18ClF3N2O. The van der Waals surface area contributed by atoms with Gasteiger partial charge in [-0.15, -0.1) is 12.4 Å². The summed E-state index contributed by atoms with van der Waals surface area (Å²) in [5, 5.41) is 3.28. The Hall–Kier alpha value is -1.27. The molecule has 1 aromatic rings. The Kier molecular flexibility index (Phi) is 5.64. The first-order chi connectivity index (χ1) is 9.27. The first-order valence-electron chi connectivity index (χ1n) is 6.50. The molecule has 0 saturated carbocycles. The van der Waals surface area contributed by atoms with Crippen LogP contribution >= 0.6 is 12.4 Å². The van der Waals surface area contributed by atoms with Gasteiger partial charge >= 0.3 is 6.18 Å². The van der Waals surface area contributed by atoms with Crippen LogP contribution in [0.3, 0.4) is 0 Å². The number of halogens is 4. The van der Waals surface area contributed by atoms with Gasteiger partial charge in [-0.3, -0.25) is 4.79 Å². The minimum absolute atomic E-state index is 0. The van der Waals surface area contributed by atoms with Crippen molar-refractivity contribution < 1.29 is 18.0 Å². The number of carbonyl (C=O) groups excluding carboxylic acids is 1. The van der Waals surface area contributed by atoms with Crippen molar-refractivity contribution in [3.8, 4) is 0 Å². The minimum Gasteiger partial charge on any atom is -0.336 e. The zero-order valence-corrected chi connectivity index (χ0v) is 12.6. The molecule has 2 unspecified atom stereocenters. The molecule has 0 radical (unpaired) electrons. The van der Waals surface area contributed by atoms with Gasteiger partial charge in [0.05, 0.1) is 5.56 Å². The quantitative estimate of drug-likeness (QED) is 0.862. The Bertz CT molecular complexity index is 497. The van der Waals surface area contributed by atoms with E-state index in [1.807, 2.05) is 13.8 Å². The number of alkyl halides is 3. The fraction of sp³-hybridized carbons (Fsp3) is 0.500. The normalized spacial score (nSPS) is 22.6. The monoisotopic (exact) mass is 322 g/mol. The molecule has 7 heteroatoms. The predicted molar refractivity (Wildman–Crippen MR) is 76.7 cm³/mol. The molecular weight excluding hydrogens is 305 g/mol. The van der Waals surface area contributed by atoms with Gasteiger partial charge in [-0.2, -0.15) is 13.2 Å². The van der Waals surface area contributed by atoms with Crippen molar-refractivity contribution in [1.82, 2.24) is 10.2 Å². The van der Waals surface area contributed by atoms with Crippen molar-refractivity contribution in [3.63, 3.8) is 0 Å². The zero-order valence-electron chi connectivity index (χ0n) is 11.8. The van der Waals surface area contributed by atoms with Crippen LogP contribution in [0.1, 0.15) is 29.8 Å². The lowest BCUT2D eigenvalue weighted by molar-refractivity contribution is -0.137. The van der Waals surface area contributed by atoms with Crippen molar-refractivity contribution in [2.45, 2.75) is 32.1 Å². The number of nitrogens with one attached hydrogen (secondary N) is 1. The molecule has 0 aromatic heterocycles. The van der Waals surface area contributed by atoms with Crippen LogP contribution in [0.5, 0.6) is 0 Å². The van der Waals surface area contributed by atoms with Crippen molar-refractivity contribution in [2.24, 2.45) is 0 Å². The SMILES string of the molecule is CC1CN(C(=O)c2cccc(C(F)(F)F)c2)CC(C)N1.Cl. The van der Waals surface area contributed by atoms with Crippen molar-refractivity contribution in [1.29, 1.82) is 0 Å². The van der Waals surface area contributed by atoms with E-state index in [-0.39, 0.29) is 36.0 Å². The Morgan fingerprint density at radius 3 is 2.33 bits per heavy atom. The lowest BCUT2D eigenvalue weighted by atomic mass is 10.1. The molecule has 1 aliphatic rings. The van der Waals surface area contributed by atoms with Crippen molar-refractivity contribution in [2.75, 3.05) is 13.1 Å². The van der Waals surface area contributed by atoms with Gasteiger partial charge < -0.3 is 10.2 Å². The van der Waals surface area contributed by atoms with Crippen molar-refractivity contribution in [3.05, 3.63) is 35.4 Å². The lowest BCUT2D eigenvalue weighted by Crippen LogP contribution is -2.55. The summed E-state index contributed by atoms with van der Waals surface area (Å²) >= 11 is 0. The maximum absolute atomic E-state index is 12.7. The van der Waals surface area contributed by atoms with Crippen LogP contribution in [0.4, 0.5) is 13.2 Å². The first-order valence-corrected chi connectivity index (χ1v) is 6.50. The van der Waals surface area contributed by atoms with E-state index in [0.29, 0.717) is 13.1 Å². The highest BCUT2D eigenvalue weighted by molar-refractivity contribution is 5.94. The molecule has 21 heavy (non-hydrogen) atoms. The van der Waals surface area contributed by atoms with Crippen LogP contribution in [0.2, 0.25) is 0 Å². The van der Waals surface area contributed by atoms with Crippen LogP contribution in [0.25, 0.3) is 0 Å². The zero-order chi connectivity index (χ0) is 14.9. The summed E-state index contributed by atoms with van der Waals surface area (Å²) in [4.78, 5) is 13.9. The molecule has 0 spiro atoms. The fourth-order valence-corrected chi connectivity index (χ4v) is 2.50. The van der Waals surface area contributed by atoms with Crippen LogP contribution in [-0.2, 0) is 6.18 Å². The summed E-state index contributed by atoms with van der Waals surface area (Å²) in [5.41, 5.74) is -0.708. The molecule has 1 aromatic carbocycles. The van der Waals surface area contributed by atoms with Gasteiger partial charge in [-0.1, -0.05) is 6.07 Å². The molecule has 1 amide bonds. The van der Waals surface area contributed by atoms with Gasteiger partial charge in [0.25, 0.3) is 5.91 Å². The fourth-order valence-electron chi connectivity index (χ4n) is 2.50. The average Bonchev–Trinajstić information content (AvgIpc) is 2.36. The number of hydrogen-bond acceptors (Lipinski definition) is 2. The third-order valence-corrected chi connectivity index (χ3v) is 3.28. The Balaban J connectivity index is 0.00000220. The van der Waals surface area contributed by atoms with E-state index in [4.69, 9.17) is 0 Å². The van der Waals surface area contributed by atoms with Crippen LogP contribution in [-0.4, -0.2) is 36.0 Å². The molecule has 1 fully saturated rings. The third kappa shape index (κ3) is 4.35. The number of carbonyl (C=O) groups is 1. The Labute approximate surface area is 127 Å². The Morgan fingerprint density at radius 2 is 1.81 bits per heavy atom. The van der Waals surface area contributed by atoms with E-state index in [1.54, 1.807) is 4.90 Å². The molecule has 1 heterocycles. The third-order valence-electron chi connectivity index (χ3n) is 3.28. The molecule has 0 aliphatic carbocycles. The second-order valence-electron chi connectivity index (χ2n) is 5.26.